The van der Waals surface area contributed by atoms with Crippen molar-refractivity contribution >= 4 is 10.8 Å². The maximum atomic E-state index is 5.40. The molecule has 0 radical (unpaired) electrons. The molecule has 0 aliphatic rings. The van der Waals surface area contributed by atoms with Crippen LogP contribution >= 0.6 is 0 Å². The second-order valence-electron chi connectivity index (χ2n) is 2.64. The van der Waals surface area contributed by atoms with E-state index in [9.17, 15) is 0 Å². The number of aromatic nitrogens is 1. The molecule has 0 fully saturated rings. The van der Waals surface area contributed by atoms with Crippen LogP contribution in [0.4, 0.5) is 0 Å². The van der Waals surface area contributed by atoms with Crippen molar-refractivity contribution in [2.75, 3.05) is 6.61 Å². The molecule has 0 saturated carbocycles. The summed E-state index contributed by atoms with van der Waals surface area (Å²) < 4.78 is 5.40. The van der Waals surface area contributed by atoms with Crippen molar-refractivity contribution in [3.8, 4) is 5.88 Å². The first kappa shape index (κ1) is 7.22. The molecule has 0 amide bonds. The fourth-order valence-electron chi connectivity index (χ4n) is 1.31. The molecule has 0 atom stereocenters. The molecule has 0 bridgehead atoms. The summed E-state index contributed by atoms with van der Waals surface area (Å²) in [5, 5.41) is 2.35. The van der Waals surface area contributed by atoms with Crippen LogP contribution in [-0.2, 0) is 0 Å². The second-order valence-corrected chi connectivity index (χ2v) is 2.64. The Hall–Kier alpha value is -1.44. The van der Waals surface area contributed by atoms with Gasteiger partial charge in [-0.1, -0.05) is 18.2 Å². The van der Waals surface area contributed by atoms with Gasteiger partial charge >= 0.3 is 0 Å². The van der Waals surface area contributed by atoms with Gasteiger partial charge in [-0.3, -0.25) is 0 Å². The summed E-state index contributed by atoms with van der Waals surface area (Å²) in [6.45, 7) is 2.68. The van der Waals surface area contributed by atoms with Gasteiger partial charge in [0.25, 0.3) is 0 Å². The highest BCUT2D eigenvalue weighted by atomic mass is 16.5. The van der Waals surface area contributed by atoms with Gasteiger partial charge in [0.1, 0.15) is 0 Å². The Morgan fingerprint density at radius 3 is 3.00 bits per heavy atom. The van der Waals surface area contributed by atoms with Crippen LogP contribution < -0.4 is 4.74 Å². The average Bonchev–Trinajstić information content (AvgIpc) is 2.50. The predicted octanol–water partition coefficient (Wildman–Crippen LogP) is 2.57. The summed E-state index contributed by atoms with van der Waals surface area (Å²) in [6.07, 6.45) is 1.96. The van der Waals surface area contributed by atoms with Gasteiger partial charge in [-0.25, -0.2) is 0 Å². The number of fused-ring (bicyclic) bond motifs is 1. The Morgan fingerprint density at radius 2 is 2.17 bits per heavy atom. The number of ether oxygens (including phenoxy) is 1. The quantitative estimate of drug-likeness (QED) is 0.719. The molecule has 1 heterocycles. The molecule has 12 heavy (non-hydrogen) atoms. The molecule has 0 spiro atoms. The molecule has 0 unspecified atom stereocenters. The SMILES string of the molecule is CCOc1[nH]cc2ccccc12. The fraction of sp³-hybridized carbons (Fsp3) is 0.200. The van der Waals surface area contributed by atoms with E-state index in [1.165, 1.54) is 5.39 Å². The van der Waals surface area contributed by atoms with Crippen LogP contribution in [0.15, 0.2) is 30.5 Å². The fourth-order valence-corrected chi connectivity index (χ4v) is 1.31. The molecule has 2 heteroatoms. The molecule has 2 rings (SSSR count). The normalized spacial score (nSPS) is 10.4. The van der Waals surface area contributed by atoms with Gasteiger partial charge in [-0.2, -0.15) is 0 Å². The largest absolute Gasteiger partial charge is 0.479 e. The molecule has 0 aliphatic carbocycles. The van der Waals surface area contributed by atoms with Crippen molar-refractivity contribution in [1.82, 2.24) is 4.98 Å². The number of hydrogen-bond donors (Lipinski definition) is 1. The Kier molecular flexibility index (Phi) is 1.74. The summed E-state index contributed by atoms with van der Waals surface area (Å²) in [7, 11) is 0. The lowest BCUT2D eigenvalue weighted by Gasteiger charge is -1.98. The highest BCUT2D eigenvalue weighted by molar-refractivity contribution is 5.87. The monoisotopic (exact) mass is 161 g/mol. The van der Waals surface area contributed by atoms with Crippen molar-refractivity contribution in [1.29, 1.82) is 0 Å². The minimum Gasteiger partial charge on any atom is -0.479 e. The molecule has 2 aromatic rings. The van der Waals surface area contributed by atoms with Gasteiger partial charge in [0.15, 0.2) is 5.88 Å². The number of aromatic amines is 1. The van der Waals surface area contributed by atoms with E-state index in [0.29, 0.717) is 6.61 Å². The van der Waals surface area contributed by atoms with Crippen LogP contribution in [0.1, 0.15) is 6.92 Å². The number of rotatable bonds is 2. The summed E-state index contributed by atoms with van der Waals surface area (Å²) in [5.74, 6) is 0.869. The van der Waals surface area contributed by atoms with Crippen LogP contribution in [0.5, 0.6) is 5.88 Å². The third kappa shape index (κ3) is 1.05. The molecule has 2 nitrogen and oxygen atoms in total. The van der Waals surface area contributed by atoms with Crippen molar-refractivity contribution in [2.24, 2.45) is 0 Å². The van der Waals surface area contributed by atoms with Crippen molar-refractivity contribution in [3.63, 3.8) is 0 Å². The zero-order valence-corrected chi connectivity index (χ0v) is 7.00. The van der Waals surface area contributed by atoms with Crippen molar-refractivity contribution in [2.45, 2.75) is 6.92 Å². The van der Waals surface area contributed by atoms with Gasteiger partial charge in [-0.05, 0) is 13.0 Å². The Balaban J connectivity index is 2.55. The lowest BCUT2D eigenvalue weighted by atomic mass is 10.2. The molecule has 62 valence electrons. The molecule has 0 aliphatic heterocycles. The Bertz CT molecular complexity index is 378. The lowest BCUT2D eigenvalue weighted by molar-refractivity contribution is 0.332. The highest BCUT2D eigenvalue weighted by Gasteiger charge is 2.00. The average molecular weight is 161 g/mol. The first-order valence-corrected chi connectivity index (χ1v) is 4.10. The van der Waals surface area contributed by atoms with Gasteiger partial charge < -0.3 is 9.72 Å². The summed E-state index contributed by atoms with van der Waals surface area (Å²) in [6, 6.07) is 8.15. The first-order valence-electron chi connectivity index (χ1n) is 4.10. The van der Waals surface area contributed by atoms with Gasteiger partial charge in [0, 0.05) is 17.0 Å². The van der Waals surface area contributed by atoms with E-state index >= 15 is 0 Å². The Morgan fingerprint density at radius 1 is 1.33 bits per heavy atom. The minimum atomic E-state index is 0.699. The molecular weight excluding hydrogens is 150 g/mol. The minimum absolute atomic E-state index is 0.699. The number of nitrogens with one attached hydrogen (secondary N) is 1. The molecule has 1 aromatic carbocycles. The van der Waals surface area contributed by atoms with E-state index in [1.807, 2.05) is 25.3 Å². The third-order valence-corrected chi connectivity index (χ3v) is 1.85. The van der Waals surface area contributed by atoms with E-state index in [4.69, 9.17) is 4.74 Å². The zero-order chi connectivity index (χ0) is 8.39. The van der Waals surface area contributed by atoms with Crippen LogP contribution in [0, 0.1) is 0 Å². The topological polar surface area (TPSA) is 25.0 Å². The smallest absolute Gasteiger partial charge is 0.198 e. The predicted molar refractivity (Wildman–Crippen MR) is 49.5 cm³/mol. The van der Waals surface area contributed by atoms with Crippen LogP contribution in [0.25, 0.3) is 10.8 Å². The van der Waals surface area contributed by atoms with Crippen LogP contribution in [0.2, 0.25) is 0 Å². The van der Waals surface area contributed by atoms with E-state index in [-0.39, 0.29) is 0 Å². The number of H-pyrrole nitrogens is 1. The molecule has 0 saturated heterocycles. The van der Waals surface area contributed by atoms with E-state index in [1.54, 1.807) is 0 Å². The zero-order valence-electron chi connectivity index (χ0n) is 7.00. The van der Waals surface area contributed by atoms with Crippen LogP contribution in [-0.4, -0.2) is 11.6 Å². The number of hydrogen-bond acceptors (Lipinski definition) is 1. The van der Waals surface area contributed by atoms with Gasteiger partial charge in [0.05, 0.1) is 6.61 Å². The summed E-state index contributed by atoms with van der Waals surface area (Å²) in [4.78, 5) is 3.09. The maximum Gasteiger partial charge on any atom is 0.198 e. The Labute approximate surface area is 71.2 Å². The first-order chi connectivity index (χ1) is 5.92. The van der Waals surface area contributed by atoms with Crippen molar-refractivity contribution < 1.29 is 4.74 Å². The van der Waals surface area contributed by atoms with E-state index in [0.717, 1.165) is 11.3 Å². The third-order valence-electron chi connectivity index (χ3n) is 1.85. The summed E-state index contributed by atoms with van der Waals surface area (Å²) in [5.41, 5.74) is 0. The van der Waals surface area contributed by atoms with E-state index in [2.05, 4.69) is 17.1 Å². The standard InChI is InChI=1S/C10H11NO/c1-2-12-10-9-6-4-3-5-8(9)7-11-10/h3-7,11H,2H2,1H3. The summed E-state index contributed by atoms with van der Waals surface area (Å²) >= 11 is 0. The van der Waals surface area contributed by atoms with Gasteiger partial charge in [0.2, 0.25) is 0 Å². The lowest BCUT2D eigenvalue weighted by Crippen LogP contribution is -1.90. The highest BCUT2D eigenvalue weighted by Crippen LogP contribution is 2.23. The molecule has 1 aromatic heterocycles. The number of benzene rings is 1. The molecule has 1 N–H and O–H groups in total. The second kappa shape index (κ2) is 2.89. The van der Waals surface area contributed by atoms with E-state index < -0.39 is 0 Å². The van der Waals surface area contributed by atoms with Crippen LogP contribution in [0.3, 0.4) is 0 Å². The van der Waals surface area contributed by atoms with Gasteiger partial charge in [-0.15, -0.1) is 0 Å². The maximum absolute atomic E-state index is 5.40. The molecular formula is C10H11NO. The van der Waals surface area contributed by atoms with Crippen molar-refractivity contribution in [3.05, 3.63) is 30.5 Å².